The predicted molar refractivity (Wildman–Crippen MR) is 108 cm³/mol. The first kappa shape index (κ1) is 19.9. The van der Waals surface area contributed by atoms with Gasteiger partial charge in [-0.05, 0) is 36.6 Å². The van der Waals surface area contributed by atoms with Crippen LogP contribution in [0.5, 0.6) is 0 Å². The topological polar surface area (TPSA) is 75.2 Å². The molecule has 1 aromatic carbocycles. The molecular formula is C20H22ClN3O4. The van der Waals surface area contributed by atoms with E-state index in [0.717, 1.165) is 11.1 Å². The summed E-state index contributed by atoms with van der Waals surface area (Å²) in [4.78, 5) is 36.7. The van der Waals surface area contributed by atoms with E-state index in [9.17, 15) is 14.4 Å². The Hall–Kier alpha value is -2.80. The van der Waals surface area contributed by atoms with Gasteiger partial charge in [0.05, 0.1) is 12.1 Å². The number of nitrogens with zero attached hydrogens (tertiary/aromatic N) is 3. The number of aromatic nitrogens is 3. The summed E-state index contributed by atoms with van der Waals surface area (Å²) >= 11 is 5.95. The first-order valence-electron chi connectivity index (χ1n) is 8.96. The summed E-state index contributed by atoms with van der Waals surface area (Å²) in [6.07, 6.45) is 2.26. The van der Waals surface area contributed by atoms with Gasteiger partial charge in [0, 0.05) is 38.3 Å². The van der Waals surface area contributed by atoms with E-state index in [0.29, 0.717) is 29.0 Å². The molecule has 28 heavy (non-hydrogen) atoms. The summed E-state index contributed by atoms with van der Waals surface area (Å²) in [5.41, 5.74) is 2.22. The van der Waals surface area contributed by atoms with Crippen LogP contribution in [0.3, 0.4) is 0 Å². The highest BCUT2D eigenvalue weighted by molar-refractivity contribution is 6.30. The Morgan fingerprint density at radius 1 is 1.14 bits per heavy atom. The quantitative estimate of drug-likeness (QED) is 0.468. The number of ether oxygens (including phenoxy) is 1. The van der Waals surface area contributed by atoms with Gasteiger partial charge in [0.15, 0.2) is 0 Å². The van der Waals surface area contributed by atoms with Crippen molar-refractivity contribution in [2.24, 2.45) is 7.05 Å². The molecule has 0 spiro atoms. The third kappa shape index (κ3) is 3.89. The molecule has 0 saturated carbocycles. The average Bonchev–Trinajstić information content (AvgIpc) is 2.97. The van der Waals surface area contributed by atoms with Crippen molar-refractivity contribution in [3.05, 3.63) is 67.4 Å². The smallest absolute Gasteiger partial charge is 0.331 e. The summed E-state index contributed by atoms with van der Waals surface area (Å²) in [6, 6.07) is 7.42. The Labute approximate surface area is 166 Å². The van der Waals surface area contributed by atoms with Crippen LogP contribution in [-0.4, -0.2) is 26.3 Å². The zero-order valence-electron chi connectivity index (χ0n) is 16.1. The van der Waals surface area contributed by atoms with Crippen LogP contribution in [0.2, 0.25) is 5.02 Å². The summed E-state index contributed by atoms with van der Waals surface area (Å²) in [6.45, 7) is 4.03. The Bertz CT molecular complexity index is 1140. The van der Waals surface area contributed by atoms with E-state index in [1.807, 2.05) is 29.8 Å². The van der Waals surface area contributed by atoms with E-state index in [1.165, 1.54) is 16.1 Å². The SMILES string of the molecule is CC(=O)OCCCn1c(=O)c2c(c(C)cn2Cc2ccc(Cl)cc2)n(C)c1=O. The fourth-order valence-corrected chi connectivity index (χ4v) is 3.49. The molecule has 0 aliphatic heterocycles. The Kier molecular flexibility index (Phi) is 5.74. The van der Waals surface area contributed by atoms with E-state index in [2.05, 4.69) is 0 Å². The molecule has 0 atom stereocenters. The van der Waals surface area contributed by atoms with Crippen LogP contribution < -0.4 is 11.2 Å². The van der Waals surface area contributed by atoms with E-state index >= 15 is 0 Å². The molecule has 0 amide bonds. The fourth-order valence-electron chi connectivity index (χ4n) is 3.37. The van der Waals surface area contributed by atoms with Crippen molar-refractivity contribution in [3.63, 3.8) is 0 Å². The van der Waals surface area contributed by atoms with Gasteiger partial charge in [-0.25, -0.2) is 4.79 Å². The molecule has 7 nitrogen and oxygen atoms in total. The number of carbonyl (C=O) groups excluding carboxylic acids is 1. The lowest BCUT2D eigenvalue weighted by molar-refractivity contribution is -0.141. The zero-order valence-corrected chi connectivity index (χ0v) is 16.8. The number of hydrogen-bond acceptors (Lipinski definition) is 4. The highest BCUT2D eigenvalue weighted by Gasteiger charge is 2.17. The number of benzene rings is 1. The molecule has 2 heterocycles. The van der Waals surface area contributed by atoms with E-state index in [1.54, 1.807) is 19.2 Å². The summed E-state index contributed by atoms with van der Waals surface area (Å²) in [5, 5.41) is 0.648. The maximum absolute atomic E-state index is 13.1. The maximum Gasteiger partial charge on any atom is 0.331 e. The lowest BCUT2D eigenvalue weighted by Gasteiger charge is -2.11. The second-order valence-corrected chi connectivity index (χ2v) is 7.19. The molecule has 148 valence electrons. The summed E-state index contributed by atoms with van der Waals surface area (Å²) in [5.74, 6) is -0.386. The minimum Gasteiger partial charge on any atom is -0.466 e. The molecule has 8 heteroatoms. The second-order valence-electron chi connectivity index (χ2n) is 6.76. The molecule has 3 rings (SSSR count). The molecule has 0 fully saturated rings. The number of hydrogen-bond donors (Lipinski definition) is 0. The maximum atomic E-state index is 13.1. The monoisotopic (exact) mass is 403 g/mol. The molecule has 0 radical (unpaired) electrons. The van der Waals surface area contributed by atoms with E-state index in [4.69, 9.17) is 16.3 Å². The number of carbonyl (C=O) groups is 1. The van der Waals surface area contributed by atoms with Crippen LogP contribution in [0.1, 0.15) is 24.5 Å². The van der Waals surface area contributed by atoms with Gasteiger partial charge in [-0.15, -0.1) is 0 Å². The zero-order chi connectivity index (χ0) is 20.4. The van der Waals surface area contributed by atoms with Crippen molar-refractivity contribution in [2.75, 3.05) is 6.61 Å². The Morgan fingerprint density at radius 3 is 2.46 bits per heavy atom. The minimum atomic E-state index is -0.386. The molecule has 0 aliphatic carbocycles. The number of esters is 1. The average molecular weight is 404 g/mol. The molecule has 0 bridgehead atoms. The molecule has 0 aliphatic rings. The number of fused-ring (bicyclic) bond motifs is 1. The van der Waals surface area contributed by atoms with Gasteiger partial charge in [-0.3, -0.25) is 18.7 Å². The highest BCUT2D eigenvalue weighted by Crippen LogP contribution is 2.18. The van der Waals surface area contributed by atoms with Crippen LogP contribution in [0.15, 0.2) is 40.1 Å². The molecular weight excluding hydrogens is 382 g/mol. The van der Waals surface area contributed by atoms with E-state index < -0.39 is 0 Å². The normalized spacial score (nSPS) is 11.1. The fraction of sp³-hybridized carbons (Fsp3) is 0.350. The van der Waals surface area contributed by atoms with Gasteiger partial charge in [0.25, 0.3) is 5.56 Å². The number of aryl methyl sites for hydroxylation is 2. The van der Waals surface area contributed by atoms with Crippen molar-refractivity contribution < 1.29 is 9.53 Å². The largest absolute Gasteiger partial charge is 0.466 e. The van der Waals surface area contributed by atoms with Crippen LogP contribution in [-0.2, 0) is 29.7 Å². The third-order valence-corrected chi connectivity index (χ3v) is 4.89. The second kappa shape index (κ2) is 8.06. The van der Waals surface area contributed by atoms with E-state index in [-0.39, 0.29) is 30.4 Å². The van der Waals surface area contributed by atoms with Crippen LogP contribution in [0.4, 0.5) is 0 Å². The summed E-state index contributed by atoms with van der Waals surface area (Å²) in [7, 11) is 1.66. The van der Waals surface area contributed by atoms with Crippen LogP contribution >= 0.6 is 11.6 Å². The lowest BCUT2D eigenvalue weighted by atomic mass is 10.2. The number of rotatable bonds is 6. The van der Waals surface area contributed by atoms with Crippen molar-refractivity contribution >= 4 is 28.6 Å². The molecule has 0 saturated heterocycles. The van der Waals surface area contributed by atoms with Crippen molar-refractivity contribution in [1.29, 1.82) is 0 Å². The number of halogens is 1. The van der Waals surface area contributed by atoms with Crippen LogP contribution in [0, 0.1) is 6.92 Å². The summed E-state index contributed by atoms with van der Waals surface area (Å²) < 4.78 is 9.45. The lowest BCUT2D eigenvalue weighted by Crippen LogP contribution is -2.40. The molecule has 0 unspecified atom stereocenters. The first-order valence-corrected chi connectivity index (χ1v) is 9.34. The third-order valence-electron chi connectivity index (χ3n) is 4.63. The Morgan fingerprint density at radius 2 is 1.82 bits per heavy atom. The standard InChI is InChI=1S/C20H22ClN3O4/c1-13-11-23(12-15-5-7-16(21)8-6-15)18-17(13)22(3)20(27)24(19(18)26)9-4-10-28-14(2)25/h5-8,11H,4,9-10,12H2,1-3H3. The van der Waals surface area contributed by atoms with Gasteiger partial charge in [-0.2, -0.15) is 0 Å². The highest BCUT2D eigenvalue weighted by atomic mass is 35.5. The minimum absolute atomic E-state index is 0.160. The van der Waals surface area contributed by atoms with Gasteiger partial charge >= 0.3 is 11.7 Å². The van der Waals surface area contributed by atoms with Crippen LogP contribution in [0.25, 0.3) is 11.0 Å². The van der Waals surface area contributed by atoms with Crippen molar-refractivity contribution in [3.8, 4) is 0 Å². The van der Waals surface area contributed by atoms with Crippen molar-refractivity contribution in [2.45, 2.75) is 33.4 Å². The van der Waals surface area contributed by atoms with Gasteiger partial charge in [0.1, 0.15) is 5.52 Å². The molecule has 0 N–H and O–H groups in total. The first-order chi connectivity index (χ1) is 13.3. The molecule has 3 aromatic rings. The van der Waals surface area contributed by atoms with Gasteiger partial charge < -0.3 is 9.30 Å². The van der Waals surface area contributed by atoms with Crippen molar-refractivity contribution in [1.82, 2.24) is 13.7 Å². The Balaban J connectivity index is 2.04. The van der Waals surface area contributed by atoms with Gasteiger partial charge in [-0.1, -0.05) is 23.7 Å². The predicted octanol–water partition coefficient (Wildman–Crippen LogP) is 2.47. The van der Waals surface area contributed by atoms with Gasteiger partial charge in [0.2, 0.25) is 0 Å². The molecule has 2 aromatic heterocycles.